The van der Waals surface area contributed by atoms with Crippen LogP contribution in [0.4, 0.5) is 0 Å². The zero-order chi connectivity index (χ0) is 14.3. The first-order valence-corrected chi connectivity index (χ1v) is 7.34. The third-order valence-corrected chi connectivity index (χ3v) is 3.43. The van der Waals surface area contributed by atoms with E-state index in [-0.39, 0.29) is 11.9 Å². The predicted octanol–water partition coefficient (Wildman–Crippen LogP) is 3.17. The van der Waals surface area contributed by atoms with Gasteiger partial charge < -0.3 is 4.74 Å². The summed E-state index contributed by atoms with van der Waals surface area (Å²) in [5.41, 5.74) is 0.843. The average Bonchev–Trinajstić information content (AvgIpc) is 2.85. The summed E-state index contributed by atoms with van der Waals surface area (Å²) in [6.07, 6.45) is 4.89. The number of carbonyl (C=O) groups excluding carboxylic acids is 1. The van der Waals surface area contributed by atoms with Crippen LogP contribution in [-0.4, -0.2) is 28.3 Å². The summed E-state index contributed by atoms with van der Waals surface area (Å²) in [7, 11) is 0. The Labute approximate surface area is 116 Å². The second kappa shape index (κ2) is 8.10. The Hall–Kier alpha value is -1.16. The summed E-state index contributed by atoms with van der Waals surface area (Å²) >= 11 is 0. The smallest absolute Gasteiger partial charge is 0.167 e. The van der Waals surface area contributed by atoms with Gasteiger partial charge in [0, 0.05) is 12.8 Å². The Morgan fingerprint density at radius 1 is 1.26 bits per heavy atom. The minimum Gasteiger partial charge on any atom is -0.371 e. The lowest BCUT2D eigenvalue weighted by Gasteiger charge is -2.13. The number of carbonyl (C=O) groups is 1. The molecule has 0 fully saturated rings. The minimum absolute atomic E-state index is 0.124. The molecular formula is C15H26N2O2. The lowest BCUT2D eigenvalue weighted by atomic mass is 10.1. The van der Waals surface area contributed by atoms with Crippen LogP contribution in [0.15, 0.2) is 12.3 Å². The van der Waals surface area contributed by atoms with Crippen LogP contribution in [0.2, 0.25) is 0 Å². The van der Waals surface area contributed by atoms with E-state index in [2.05, 4.69) is 18.9 Å². The molecule has 0 bridgehead atoms. The molecule has 0 aliphatic heterocycles. The van der Waals surface area contributed by atoms with Gasteiger partial charge in [0.1, 0.15) is 6.10 Å². The molecule has 0 aliphatic carbocycles. The number of Topliss-reactive ketones (excluding diaryl/α,β-unsaturated/α-hetero) is 1. The molecule has 0 radical (unpaired) electrons. The largest absolute Gasteiger partial charge is 0.371 e. The molecule has 0 N–H and O–H groups in total. The molecular weight excluding hydrogens is 240 g/mol. The Balaban J connectivity index is 2.64. The van der Waals surface area contributed by atoms with Gasteiger partial charge in [-0.25, -0.2) is 0 Å². The molecule has 4 heteroatoms. The van der Waals surface area contributed by atoms with Crippen LogP contribution < -0.4 is 0 Å². The fourth-order valence-corrected chi connectivity index (χ4v) is 2.27. The van der Waals surface area contributed by atoms with E-state index in [1.54, 1.807) is 0 Å². The van der Waals surface area contributed by atoms with Gasteiger partial charge in [-0.2, -0.15) is 5.10 Å². The van der Waals surface area contributed by atoms with Gasteiger partial charge in [0.05, 0.1) is 18.2 Å². The molecule has 0 amide bonds. The molecule has 19 heavy (non-hydrogen) atoms. The average molecular weight is 266 g/mol. The highest BCUT2D eigenvalue weighted by atomic mass is 16.5. The van der Waals surface area contributed by atoms with Crippen molar-refractivity contribution in [2.75, 3.05) is 6.61 Å². The summed E-state index contributed by atoms with van der Waals surface area (Å²) in [5, 5.41) is 4.51. The maximum Gasteiger partial charge on any atom is 0.167 e. The SMILES string of the molecule is CCOC(CC)C(=O)Cc1ccn(C(CC)CC)n1. The number of nitrogens with zero attached hydrogens (tertiary/aromatic N) is 2. The van der Waals surface area contributed by atoms with Gasteiger partial charge in [0.2, 0.25) is 0 Å². The fraction of sp³-hybridized carbons (Fsp3) is 0.733. The molecule has 108 valence electrons. The number of ether oxygens (including phenoxy) is 1. The Morgan fingerprint density at radius 2 is 1.95 bits per heavy atom. The third-order valence-electron chi connectivity index (χ3n) is 3.43. The predicted molar refractivity (Wildman–Crippen MR) is 76.3 cm³/mol. The number of rotatable bonds is 9. The molecule has 0 aliphatic rings. The molecule has 4 nitrogen and oxygen atoms in total. The van der Waals surface area contributed by atoms with Crippen molar-refractivity contribution in [3.8, 4) is 0 Å². The molecule has 1 heterocycles. The Kier molecular flexibility index (Phi) is 6.78. The van der Waals surface area contributed by atoms with Crippen molar-refractivity contribution in [1.29, 1.82) is 0 Å². The molecule has 1 atom stereocenters. The van der Waals surface area contributed by atoms with E-state index < -0.39 is 0 Å². The van der Waals surface area contributed by atoms with Gasteiger partial charge in [-0.15, -0.1) is 0 Å². The highest BCUT2D eigenvalue weighted by Crippen LogP contribution is 2.15. The van der Waals surface area contributed by atoms with Crippen molar-refractivity contribution in [2.24, 2.45) is 0 Å². The van der Waals surface area contributed by atoms with Crippen LogP contribution in [0.25, 0.3) is 0 Å². The van der Waals surface area contributed by atoms with E-state index in [4.69, 9.17) is 4.74 Å². The molecule has 0 aromatic carbocycles. The van der Waals surface area contributed by atoms with Gasteiger partial charge in [0.25, 0.3) is 0 Å². The Morgan fingerprint density at radius 3 is 2.47 bits per heavy atom. The molecule has 1 rings (SSSR count). The monoisotopic (exact) mass is 266 g/mol. The lowest BCUT2D eigenvalue weighted by molar-refractivity contribution is -0.129. The highest BCUT2D eigenvalue weighted by molar-refractivity contribution is 5.84. The van der Waals surface area contributed by atoms with Gasteiger partial charge >= 0.3 is 0 Å². The minimum atomic E-state index is -0.289. The standard InChI is InChI=1S/C15H26N2O2/c1-5-13(6-2)17-10-9-12(16-17)11-14(18)15(7-3)19-8-4/h9-10,13,15H,5-8,11H2,1-4H3. The first-order chi connectivity index (χ1) is 9.15. The van der Waals surface area contributed by atoms with E-state index in [0.29, 0.717) is 19.1 Å². The van der Waals surface area contributed by atoms with Crippen molar-refractivity contribution in [3.05, 3.63) is 18.0 Å². The number of hydrogen-bond donors (Lipinski definition) is 0. The number of hydrogen-bond acceptors (Lipinski definition) is 3. The Bertz CT molecular complexity index is 383. The van der Waals surface area contributed by atoms with Crippen LogP contribution in [0.5, 0.6) is 0 Å². The van der Waals surface area contributed by atoms with Crippen LogP contribution in [0, 0.1) is 0 Å². The summed E-state index contributed by atoms with van der Waals surface area (Å²) in [4.78, 5) is 12.1. The van der Waals surface area contributed by atoms with Crippen LogP contribution in [0.1, 0.15) is 58.7 Å². The van der Waals surface area contributed by atoms with Gasteiger partial charge in [-0.1, -0.05) is 20.8 Å². The number of aromatic nitrogens is 2. The lowest BCUT2D eigenvalue weighted by Crippen LogP contribution is -2.25. The maximum absolute atomic E-state index is 12.1. The van der Waals surface area contributed by atoms with Gasteiger partial charge in [-0.3, -0.25) is 9.48 Å². The number of ketones is 1. The third kappa shape index (κ3) is 4.46. The van der Waals surface area contributed by atoms with E-state index in [1.807, 2.05) is 30.8 Å². The second-order valence-corrected chi connectivity index (χ2v) is 4.75. The molecule has 1 aromatic heterocycles. The van der Waals surface area contributed by atoms with E-state index in [9.17, 15) is 4.79 Å². The van der Waals surface area contributed by atoms with E-state index in [1.165, 1.54) is 0 Å². The van der Waals surface area contributed by atoms with Crippen LogP contribution in [-0.2, 0) is 16.0 Å². The molecule has 0 saturated heterocycles. The van der Waals surface area contributed by atoms with Crippen LogP contribution in [0.3, 0.4) is 0 Å². The topological polar surface area (TPSA) is 44.1 Å². The van der Waals surface area contributed by atoms with Gasteiger partial charge in [0.15, 0.2) is 5.78 Å². The highest BCUT2D eigenvalue weighted by Gasteiger charge is 2.18. The maximum atomic E-state index is 12.1. The molecule has 0 spiro atoms. The summed E-state index contributed by atoms with van der Waals surface area (Å²) < 4.78 is 7.41. The molecule has 1 unspecified atom stereocenters. The summed E-state index contributed by atoms with van der Waals surface area (Å²) in [5.74, 6) is 0.124. The van der Waals surface area contributed by atoms with Crippen molar-refractivity contribution >= 4 is 5.78 Å². The zero-order valence-electron chi connectivity index (χ0n) is 12.6. The summed E-state index contributed by atoms with van der Waals surface area (Å²) in [6.45, 7) is 8.77. The first kappa shape index (κ1) is 15.9. The molecule has 1 aromatic rings. The zero-order valence-corrected chi connectivity index (χ0v) is 12.6. The fourth-order valence-electron chi connectivity index (χ4n) is 2.27. The van der Waals surface area contributed by atoms with Crippen molar-refractivity contribution in [3.63, 3.8) is 0 Å². The summed E-state index contributed by atoms with van der Waals surface area (Å²) in [6, 6.07) is 2.37. The van der Waals surface area contributed by atoms with Crippen molar-refractivity contribution in [2.45, 2.75) is 65.5 Å². The normalized spacial score (nSPS) is 12.9. The van der Waals surface area contributed by atoms with Crippen molar-refractivity contribution in [1.82, 2.24) is 9.78 Å². The first-order valence-electron chi connectivity index (χ1n) is 7.34. The molecule has 0 saturated carbocycles. The quantitative estimate of drug-likeness (QED) is 0.689. The van der Waals surface area contributed by atoms with Crippen LogP contribution >= 0.6 is 0 Å². The van der Waals surface area contributed by atoms with Gasteiger partial charge in [-0.05, 0) is 32.3 Å². The van der Waals surface area contributed by atoms with Crippen molar-refractivity contribution < 1.29 is 9.53 Å². The second-order valence-electron chi connectivity index (χ2n) is 4.75. The van der Waals surface area contributed by atoms with E-state index in [0.717, 1.165) is 25.0 Å². The van der Waals surface area contributed by atoms with E-state index >= 15 is 0 Å².